The Labute approximate surface area is 167 Å². The Kier molecular flexibility index (Phi) is 7.76. The van der Waals surface area contributed by atoms with E-state index in [1.165, 1.54) is 24.3 Å². The van der Waals surface area contributed by atoms with Crippen molar-refractivity contribution in [1.82, 2.24) is 0 Å². The first-order valence-electron chi connectivity index (χ1n) is 8.07. The lowest BCUT2D eigenvalue weighted by Gasteiger charge is -2.10. The van der Waals surface area contributed by atoms with Crippen LogP contribution in [0.5, 0.6) is 5.75 Å². The summed E-state index contributed by atoms with van der Waals surface area (Å²) >= 11 is 17.7. The maximum atomic E-state index is 12.5. The van der Waals surface area contributed by atoms with Crippen LogP contribution in [-0.2, 0) is 4.74 Å². The number of unbranched alkanes of at least 4 members (excludes halogenated alkanes) is 2. The van der Waals surface area contributed by atoms with Gasteiger partial charge in [0.1, 0.15) is 5.75 Å². The van der Waals surface area contributed by atoms with Gasteiger partial charge in [0.2, 0.25) is 0 Å². The number of hydrogen-bond donors (Lipinski definition) is 0. The molecule has 0 atom stereocenters. The zero-order chi connectivity index (χ0) is 19.1. The van der Waals surface area contributed by atoms with Gasteiger partial charge in [-0.1, -0.05) is 66.7 Å². The Bertz CT molecular complexity index is 782. The van der Waals surface area contributed by atoms with E-state index in [2.05, 4.69) is 6.92 Å². The molecule has 138 valence electrons. The molecule has 2 rings (SSSR count). The first-order chi connectivity index (χ1) is 12.4. The van der Waals surface area contributed by atoms with E-state index in [9.17, 15) is 9.59 Å². The molecule has 0 saturated heterocycles. The maximum absolute atomic E-state index is 12.5. The highest BCUT2D eigenvalue weighted by Crippen LogP contribution is 2.34. The van der Waals surface area contributed by atoms with Crippen LogP contribution in [0, 0.1) is 0 Å². The van der Waals surface area contributed by atoms with E-state index in [-0.39, 0.29) is 31.9 Å². The average Bonchev–Trinajstić information content (AvgIpc) is 2.63. The van der Waals surface area contributed by atoms with Gasteiger partial charge in [-0.2, -0.15) is 0 Å². The third kappa shape index (κ3) is 5.37. The Morgan fingerprint density at radius 3 is 2.08 bits per heavy atom. The van der Waals surface area contributed by atoms with Crippen molar-refractivity contribution >= 4 is 46.7 Å². The average molecular weight is 416 g/mol. The lowest BCUT2D eigenvalue weighted by Crippen LogP contribution is -2.16. The van der Waals surface area contributed by atoms with Gasteiger partial charge in [-0.15, -0.1) is 0 Å². The number of esters is 2. The van der Waals surface area contributed by atoms with Crippen LogP contribution in [0.3, 0.4) is 0 Å². The van der Waals surface area contributed by atoms with Crippen molar-refractivity contribution in [2.45, 2.75) is 26.2 Å². The summed E-state index contributed by atoms with van der Waals surface area (Å²) in [7, 11) is 0. The number of halogens is 3. The van der Waals surface area contributed by atoms with Crippen molar-refractivity contribution in [3.05, 3.63) is 62.6 Å². The zero-order valence-electron chi connectivity index (χ0n) is 14.1. The van der Waals surface area contributed by atoms with Gasteiger partial charge in [0, 0.05) is 12.1 Å². The Balaban J connectivity index is 2.15. The van der Waals surface area contributed by atoms with Gasteiger partial charge >= 0.3 is 11.9 Å². The minimum absolute atomic E-state index is 0.0928. The van der Waals surface area contributed by atoms with Crippen LogP contribution in [0.4, 0.5) is 0 Å². The first kappa shape index (κ1) is 20.6. The molecule has 7 heteroatoms. The van der Waals surface area contributed by atoms with Crippen LogP contribution in [0.15, 0.2) is 36.4 Å². The highest BCUT2D eigenvalue weighted by molar-refractivity contribution is 6.48. The van der Waals surface area contributed by atoms with Crippen molar-refractivity contribution < 1.29 is 19.1 Å². The topological polar surface area (TPSA) is 52.6 Å². The fourth-order valence-electron chi connectivity index (χ4n) is 2.19. The quantitative estimate of drug-likeness (QED) is 0.233. The van der Waals surface area contributed by atoms with Gasteiger partial charge in [0.15, 0.2) is 0 Å². The smallest absolute Gasteiger partial charge is 0.344 e. The van der Waals surface area contributed by atoms with E-state index < -0.39 is 11.9 Å². The number of carbonyl (C=O) groups excluding carboxylic acids is 2. The Hall–Kier alpha value is -1.75. The van der Waals surface area contributed by atoms with E-state index in [0.29, 0.717) is 6.61 Å². The molecule has 2 aromatic carbocycles. The van der Waals surface area contributed by atoms with Gasteiger partial charge in [0.05, 0.1) is 32.8 Å². The molecule has 0 saturated carbocycles. The molecule has 0 aromatic heterocycles. The van der Waals surface area contributed by atoms with Crippen LogP contribution in [0.25, 0.3) is 0 Å². The molecule has 4 nitrogen and oxygen atoms in total. The molecular weight excluding hydrogens is 399 g/mol. The predicted octanol–water partition coefficient (Wildman–Crippen LogP) is 6.21. The van der Waals surface area contributed by atoms with Crippen LogP contribution < -0.4 is 4.74 Å². The molecule has 0 aliphatic heterocycles. The Morgan fingerprint density at radius 2 is 1.50 bits per heavy atom. The molecule has 0 aliphatic carbocycles. The molecule has 0 radical (unpaired) electrons. The molecule has 0 bridgehead atoms. The summed E-state index contributed by atoms with van der Waals surface area (Å²) < 4.78 is 10.5. The summed E-state index contributed by atoms with van der Waals surface area (Å²) in [5.74, 6) is -1.16. The highest BCUT2D eigenvalue weighted by Gasteiger charge is 2.20. The lowest BCUT2D eigenvalue weighted by molar-refractivity contribution is 0.0490. The van der Waals surface area contributed by atoms with Gasteiger partial charge in [-0.05, 0) is 18.6 Å². The molecule has 2 aromatic rings. The second-order valence-corrected chi connectivity index (χ2v) is 6.67. The molecule has 0 unspecified atom stereocenters. The molecule has 0 fully saturated rings. The predicted molar refractivity (Wildman–Crippen MR) is 103 cm³/mol. The summed E-state index contributed by atoms with van der Waals surface area (Å²) in [6.07, 6.45) is 2.76. The van der Waals surface area contributed by atoms with Crippen molar-refractivity contribution in [1.29, 1.82) is 0 Å². The number of benzene rings is 2. The molecular formula is C19H17Cl3O4. The molecule has 0 aliphatic rings. The summed E-state index contributed by atoms with van der Waals surface area (Å²) in [4.78, 5) is 24.7. The van der Waals surface area contributed by atoms with Crippen molar-refractivity contribution in [2.24, 2.45) is 0 Å². The molecule has 0 N–H and O–H groups in total. The summed E-state index contributed by atoms with van der Waals surface area (Å²) in [6.45, 7) is 2.36. The van der Waals surface area contributed by atoms with Crippen LogP contribution >= 0.6 is 34.8 Å². The van der Waals surface area contributed by atoms with Gasteiger partial charge in [-0.3, -0.25) is 0 Å². The minimum Gasteiger partial charge on any atom is -0.462 e. The monoisotopic (exact) mass is 414 g/mol. The van der Waals surface area contributed by atoms with Gasteiger partial charge in [-0.25, -0.2) is 9.59 Å². The third-order valence-electron chi connectivity index (χ3n) is 3.52. The number of ether oxygens (including phenoxy) is 2. The van der Waals surface area contributed by atoms with E-state index >= 15 is 0 Å². The van der Waals surface area contributed by atoms with Crippen LogP contribution in [0.1, 0.15) is 46.9 Å². The minimum atomic E-state index is -0.722. The Morgan fingerprint density at radius 1 is 0.923 bits per heavy atom. The van der Waals surface area contributed by atoms with Crippen LogP contribution in [0.2, 0.25) is 15.1 Å². The molecule has 0 amide bonds. The van der Waals surface area contributed by atoms with E-state index in [1.54, 1.807) is 12.1 Å². The summed E-state index contributed by atoms with van der Waals surface area (Å²) in [5.41, 5.74) is 0.232. The lowest BCUT2D eigenvalue weighted by atomic mass is 10.1. The second kappa shape index (κ2) is 9.81. The highest BCUT2D eigenvalue weighted by atomic mass is 35.5. The van der Waals surface area contributed by atoms with Crippen molar-refractivity contribution in [3.63, 3.8) is 0 Å². The fourth-order valence-corrected chi connectivity index (χ4v) is 2.76. The number of hydrogen-bond acceptors (Lipinski definition) is 4. The van der Waals surface area contributed by atoms with Gasteiger partial charge in [0.25, 0.3) is 0 Å². The zero-order valence-corrected chi connectivity index (χ0v) is 16.3. The van der Waals surface area contributed by atoms with Crippen LogP contribution in [-0.4, -0.2) is 18.5 Å². The normalized spacial score (nSPS) is 10.5. The van der Waals surface area contributed by atoms with Crippen molar-refractivity contribution in [2.75, 3.05) is 6.61 Å². The van der Waals surface area contributed by atoms with Crippen molar-refractivity contribution in [3.8, 4) is 5.75 Å². The standard InChI is InChI=1S/C19H17Cl3O4/c1-2-3-6-9-25-18(23)13-7-4-5-8-14(13)19(24)26-12-10-15(20)17(22)16(21)11-12/h4-5,7-8,10-11H,2-3,6,9H2,1H3. The molecule has 26 heavy (non-hydrogen) atoms. The first-order valence-corrected chi connectivity index (χ1v) is 9.20. The third-order valence-corrected chi connectivity index (χ3v) is 4.71. The molecule has 0 spiro atoms. The molecule has 0 heterocycles. The number of rotatable bonds is 7. The van der Waals surface area contributed by atoms with E-state index in [4.69, 9.17) is 44.3 Å². The second-order valence-electron chi connectivity index (χ2n) is 5.48. The van der Waals surface area contributed by atoms with Gasteiger partial charge < -0.3 is 9.47 Å². The largest absolute Gasteiger partial charge is 0.462 e. The number of carbonyl (C=O) groups is 2. The maximum Gasteiger partial charge on any atom is 0.344 e. The fraction of sp³-hybridized carbons (Fsp3) is 0.263. The van der Waals surface area contributed by atoms with E-state index in [1.807, 2.05) is 0 Å². The summed E-state index contributed by atoms with van der Waals surface area (Å²) in [5, 5.41) is 0.486. The SMILES string of the molecule is CCCCCOC(=O)c1ccccc1C(=O)Oc1cc(Cl)c(Cl)c(Cl)c1. The van der Waals surface area contributed by atoms with E-state index in [0.717, 1.165) is 19.3 Å². The summed E-state index contributed by atoms with van der Waals surface area (Å²) in [6, 6.07) is 9.03.